The Bertz CT molecular complexity index is 333. The number of likely N-dealkylation sites (N-methyl/N-ethyl adjacent to an activating group) is 1. The van der Waals surface area contributed by atoms with Gasteiger partial charge in [0.05, 0.1) is 18.1 Å². The van der Waals surface area contributed by atoms with Gasteiger partial charge in [0.1, 0.15) is 0 Å². The summed E-state index contributed by atoms with van der Waals surface area (Å²) in [5, 5.41) is 8.81. The van der Waals surface area contributed by atoms with Crippen molar-refractivity contribution in [3.05, 3.63) is 30.1 Å². The van der Waals surface area contributed by atoms with Crippen molar-refractivity contribution in [2.24, 2.45) is 0 Å². The largest absolute Gasteiger partial charge is 0.395 e. The quantitative estimate of drug-likeness (QED) is 0.793. The van der Waals surface area contributed by atoms with E-state index in [0.29, 0.717) is 18.8 Å². The molecule has 0 unspecified atom stereocenters. The highest BCUT2D eigenvalue weighted by Gasteiger charge is 2.10. The summed E-state index contributed by atoms with van der Waals surface area (Å²) >= 11 is 1.55. The molecule has 1 aromatic heterocycles. The third-order valence-electron chi connectivity index (χ3n) is 2.31. The zero-order valence-corrected chi connectivity index (χ0v) is 10.8. The molecule has 1 rings (SSSR count). The van der Waals surface area contributed by atoms with Crippen LogP contribution in [-0.4, -0.2) is 46.3 Å². The summed E-state index contributed by atoms with van der Waals surface area (Å²) in [5.74, 6) is 1.25. The highest BCUT2D eigenvalue weighted by molar-refractivity contribution is 7.99. The van der Waals surface area contributed by atoms with E-state index >= 15 is 0 Å². The van der Waals surface area contributed by atoms with Crippen molar-refractivity contribution < 1.29 is 9.90 Å². The molecule has 0 saturated heterocycles. The molecule has 0 aliphatic heterocycles. The topological polar surface area (TPSA) is 53.4 Å². The maximum absolute atomic E-state index is 11.7. The Labute approximate surface area is 106 Å². The minimum absolute atomic E-state index is 0.0183. The summed E-state index contributed by atoms with van der Waals surface area (Å²) in [6.07, 6.45) is 1.75. The summed E-state index contributed by atoms with van der Waals surface area (Å²) in [7, 11) is 0. The van der Waals surface area contributed by atoms with Gasteiger partial charge in [0.15, 0.2) is 0 Å². The number of pyridine rings is 1. The third kappa shape index (κ3) is 5.19. The Morgan fingerprint density at radius 3 is 2.94 bits per heavy atom. The Morgan fingerprint density at radius 1 is 1.53 bits per heavy atom. The van der Waals surface area contributed by atoms with Gasteiger partial charge in [0.25, 0.3) is 0 Å². The van der Waals surface area contributed by atoms with E-state index in [1.54, 1.807) is 22.9 Å². The Balaban J connectivity index is 2.28. The molecule has 0 aliphatic carbocycles. The Hall–Kier alpha value is -1.07. The molecule has 1 aromatic rings. The first-order chi connectivity index (χ1) is 8.27. The molecular formula is C12H18N2O2S. The molecule has 0 spiro atoms. The summed E-state index contributed by atoms with van der Waals surface area (Å²) < 4.78 is 0. The van der Waals surface area contributed by atoms with Crippen LogP contribution in [0.15, 0.2) is 24.4 Å². The molecule has 0 aliphatic rings. The van der Waals surface area contributed by atoms with Crippen LogP contribution in [0.4, 0.5) is 0 Å². The molecule has 17 heavy (non-hydrogen) atoms. The number of rotatable bonds is 7. The van der Waals surface area contributed by atoms with Crippen LogP contribution in [0, 0.1) is 0 Å². The van der Waals surface area contributed by atoms with E-state index in [1.165, 1.54) is 0 Å². The number of carbonyl (C=O) groups is 1. The Kier molecular flexibility index (Phi) is 6.65. The van der Waals surface area contributed by atoms with Crippen LogP contribution in [0.2, 0.25) is 0 Å². The van der Waals surface area contributed by atoms with E-state index in [1.807, 2.05) is 25.1 Å². The predicted octanol–water partition coefficient (Wildman–Crippen LogP) is 1.16. The summed E-state index contributed by atoms with van der Waals surface area (Å²) in [5.41, 5.74) is 0.982. The highest BCUT2D eigenvalue weighted by atomic mass is 32.2. The molecule has 94 valence electrons. The van der Waals surface area contributed by atoms with Gasteiger partial charge in [-0.3, -0.25) is 9.78 Å². The lowest BCUT2D eigenvalue weighted by atomic mass is 10.4. The van der Waals surface area contributed by atoms with Gasteiger partial charge in [0, 0.05) is 25.0 Å². The molecule has 1 N–H and O–H groups in total. The molecule has 1 heterocycles. The smallest absolute Gasteiger partial charge is 0.232 e. The number of hydrogen-bond acceptors (Lipinski definition) is 4. The van der Waals surface area contributed by atoms with Crippen molar-refractivity contribution in [1.29, 1.82) is 0 Å². The number of hydrogen-bond donors (Lipinski definition) is 1. The lowest BCUT2D eigenvalue weighted by molar-refractivity contribution is -0.128. The maximum atomic E-state index is 11.7. The standard InChI is InChI=1S/C12H18N2O2S/c1-2-14(7-8-15)12(16)10-17-9-11-5-3-4-6-13-11/h3-6,15H,2,7-10H2,1H3. The molecule has 4 nitrogen and oxygen atoms in total. The predicted molar refractivity (Wildman–Crippen MR) is 69.7 cm³/mol. The number of nitrogens with zero attached hydrogens (tertiary/aromatic N) is 2. The average Bonchev–Trinajstić information content (AvgIpc) is 2.37. The van der Waals surface area contributed by atoms with Crippen LogP contribution in [0.5, 0.6) is 0 Å². The SMILES string of the molecule is CCN(CCO)C(=O)CSCc1ccccn1. The molecule has 0 bridgehead atoms. The van der Waals surface area contributed by atoms with Crippen LogP contribution in [0.3, 0.4) is 0 Å². The van der Waals surface area contributed by atoms with Crippen molar-refractivity contribution in [1.82, 2.24) is 9.88 Å². The van der Waals surface area contributed by atoms with Crippen LogP contribution < -0.4 is 0 Å². The number of carbonyl (C=O) groups excluding carboxylic acids is 1. The van der Waals surface area contributed by atoms with Crippen LogP contribution >= 0.6 is 11.8 Å². The molecule has 0 atom stereocenters. The van der Waals surface area contributed by atoms with Crippen molar-refractivity contribution in [2.75, 3.05) is 25.4 Å². The average molecular weight is 254 g/mol. The van der Waals surface area contributed by atoms with Gasteiger partial charge in [-0.15, -0.1) is 11.8 Å². The summed E-state index contributed by atoms with van der Waals surface area (Å²) in [4.78, 5) is 17.6. The molecule has 0 fully saturated rings. The van der Waals surface area contributed by atoms with E-state index in [0.717, 1.165) is 11.4 Å². The van der Waals surface area contributed by atoms with Gasteiger partial charge in [-0.05, 0) is 19.1 Å². The van der Waals surface area contributed by atoms with Gasteiger partial charge in [-0.25, -0.2) is 0 Å². The molecule has 5 heteroatoms. The fourth-order valence-electron chi connectivity index (χ4n) is 1.40. The monoisotopic (exact) mass is 254 g/mol. The van der Waals surface area contributed by atoms with Gasteiger partial charge in [0.2, 0.25) is 5.91 Å². The van der Waals surface area contributed by atoms with Crippen molar-refractivity contribution in [3.8, 4) is 0 Å². The molecule has 0 saturated carbocycles. The first kappa shape index (κ1) is 14.0. The lowest BCUT2D eigenvalue weighted by Crippen LogP contribution is -2.34. The van der Waals surface area contributed by atoms with E-state index in [4.69, 9.17) is 5.11 Å². The highest BCUT2D eigenvalue weighted by Crippen LogP contribution is 2.10. The summed E-state index contributed by atoms with van der Waals surface area (Å²) in [6, 6.07) is 5.76. The van der Waals surface area contributed by atoms with Gasteiger partial charge >= 0.3 is 0 Å². The number of aliphatic hydroxyl groups excluding tert-OH is 1. The van der Waals surface area contributed by atoms with Gasteiger partial charge in [-0.2, -0.15) is 0 Å². The molecule has 0 radical (unpaired) electrons. The van der Waals surface area contributed by atoms with E-state index in [2.05, 4.69) is 4.98 Å². The minimum atomic E-state index is 0.0183. The fourth-order valence-corrected chi connectivity index (χ4v) is 2.24. The van der Waals surface area contributed by atoms with Crippen LogP contribution in [-0.2, 0) is 10.5 Å². The van der Waals surface area contributed by atoms with Gasteiger partial charge in [-0.1, -0.05) is 6.07 Å². The fraction of sp³-hybridized carbons (Fsp3) is 0.500. The molecule has 1 amide bonds. The van der Waals surface area contributed by atoms with Crippen molar-refractivity contribution >= 4 is 17.7 Å². The zero-order chi connectivity index (χ0) is 12.5. The van der Waals surface area contributed by atoms with Crippen molar-refractivity contribution in [3.63, 3.8) is 0 Å². The van der Waals surface area contributed by atoms with Crippen LogP contribution in [0.25, 0.3) is 0 Å². The number of aromatic nitrogens is 1. The maximum Gasteiger partial charge on any atom is 0.232 e. The normalized spacial score (nSPS) is 10.2. The number of thioether (sulfide) groups is 1. The first-order valence-electron chi connectivity index (χ1n) is 5.64. The zero-order valence-electron chi connectivity index (χ0n) is 10.0. The second kappa shape index (κ2) is 8.08. The number of amides is 1. The third-order valence-corrected chi connectivity index (χ3v) is 3.26. The van der Waals surface area contributed by atoms with Crippen molar-refractivity contribution in [2.45, 2.75) is 12.7 Å². The first-order valence-corrected chi connectivity index (χ1v) is 6.79. The van der Waals surface area contributed by atoms with Gasteiger partial charge < -0.3 is 10.0 Å². The lowest BCUT2D eigenvalue weighted by Gasteiger charge is -2.19. The molecular weight excluding hydrogens is 236 g/mol. The summed E-state index contributed by atoms with van der Waals surface area (Å²) in [6.45, 7) is 2.99. The Morgan fingerprint density at radius 2 is 2.35 bits per heavy atom. The van der Waals surface area contributed by atoms with E-state index in [9.17, 15) is 4.79 Å². The minimum Gasteiger partial charge on any atom is -0.395 e. The number of aliphatic hydroxyl groups is 1. The molecule has 0 aromatic carbocycles. The van der Waals surface area contributed by atoms with Crippen LogP contribution in [0.1, 0.15) is 12.6 Å². The van der Waals surface area contributed by atoms with E-state index < -0.39 is 0 Å². The second-order valence-electron chi connectivity index (χ2n) is 3.51. The second-order valence-corrected chi connectivity index (χ2v) is 4.50. The van der Waals surface area contributed by atoms with E-state index in [-0.39, 0.29) is 12.5 Å².